The Morgan fingerprint density at radius 2 is 2.11 bits per heavy atom. The van der Waals surface area contributed by atoms with Crippen LogP contribution in [-0.4, -0.2) is 16.0 Å². The average molecular weight is 261 g/mol. The van der Waals surface area contributed by atoms with Gasteiger partial charge in [-0.3, -0.25) is 4.68 Å². The zero-order valence-corrected chi connectivity index (χ0v) is 11.9. The van der Waals surface area contributed by atoms with E-state index in [4.69, 9.17) is 5.73 Å². The van der Waals surface area contributed by atoms with E-state index in [9.17, 15) is 0 Å². The molecular weight excluding hydrogens is 242 g/mol. The van der Waals surface area contributed by atoms with E-state index in [1.165, 1.54) is 16.2 Å². The Kier molecular flexibility index (Phi) is 4.09. The molecule has 0 saturated heterocycles. The molecule has 1 atom stereocenters. The van der Waals surface area contributed by atoms with E-state index in [2.05, 4.69) is 35.6 Å². The largest absolute Gasteiger partial charge is 0.324 e. The molecule has 1 unspecified atom stereocenters. The molecule has 0 aliphatic rings. The SMILES string of the molecule is CSc1ccccc1C(N)Cc1cc(C)nn1C. The third-order valence-electron chi connectivity index (χ3n) is 3.07. The molecule has 2 aromatic rings. The Balaban J connectivity index is 2.21. The topological polar surface area (TPSA) is 43.8 Å². The summed E-state index contributed by atoms with van der Waals surface area (Å²) >= 11 is 1.74. The first kappa shape index (κ1) is 13.2. The summed E-state index contributed by atoms with van der Waals surface area (Å²) < 4.78 is 1.91. The first-order valence-corrected chi connectivity index (χ1v) is 7.22. The third kappa shape index (κ3) is 2.76. The van der Waals surface area contributed by atoms with Gasteiger partial charge in [0, 0.05) is 30.1 Å². The van der Waals surface area contributed by atoms with Gasteiger partial charge in [-0.25, -0.2) is 0 Å². The van der Waals surface area contributed by atoms with Gasteiger partial charge in [0.1, 0.15) is 0 Å². The maximum Gasteiger partial charge on any atom is 0.0596 e. The van der Waals surface area contributed by atoms with Gasteiger partial charge in [0.25, 0.3) is 0 Å². The maximum absolute atomic E-state index is 6.33. The summed E-state index contributed by atoms with van der Waals surface area (Å²) in [5, 5.41) is 4.36. The summed E-state index contributed by atoms with van der Waals surface area (Å²) in [4.78, 5) is 1.25. The Morgan fingerprint density at radius 1 is 1.39 bits per heavy atom. The number of aryl methyl sites for hydroxylation is 2. The van der Waals surface area contributed by atoms with Crippen LogP contribution in [0.5, 0.6) is 0 Å². The molecule has 0 bridgehead atoms. The van der Waals surface area contributed by atoms with Gasteiger partial charge < -0.3 is 5.73 Å². The molecular formula is C14H19N3S. The van der Waals surface area contributed by atoms with Crippen LogP contribution < -0.4 is 5.73 Å². The average Bonchev–Trinajstić information content (AvgIpc) is 2.67. The monoisotopic (exact) mass is 261 g/mol. The van der Waals surface area contributed by atoms with Crippen molar-refractivity contribution in [2.24, 2.45) is 12.8 Å². The lowest BCUT2D eigenvalue weighted by molar-refractivity contribution is 0.634. The molecule has 96 valence electrons. The van der Waals surface area contributed by atoms with Gasteiger partial charge in [-0.2, -0.15) is 5.10 Å². The number of aromatic nitrogens is 2. The van der Waals surface area contributed by atoms with E-state index in [0.29, 0.717) is 0 Å². The lowest BCUT2D eigenvalue weighted by atomic mass is 10.0. The molecule has 3 nitrogen and oxygen atoms in total. The van der Waals surface area contributed by atoms with E-state index in [-0.39, 0.29) is 6.04 Å². The molecule has 0 fully saturated rings. The molecule has 0 saturated carbocycles. The van der Waals surface area contributed by atoms with Gasteiger partial charge in [-0.05, 0) is 30.9 Å². The van der Waals surface area contributed by atoms with Crippen molar-refractivity contribution in [2.45, 2.75) is 24.3 Å². The molecule has 4 heteroatoms. The van der Waals surface area contributed by atoms with Crippen molar-refractivity contribution in [3.8, 4) is 0 Å². The highest BCUT2D eigenvalue weighted by Crippen LogP contribution is 2.26. The molecule has 0 aliphatic carbocycles. The number of thioether (sulfide) groups is 1. The lowest BCUT2D eigenvalue weighted by Crippen LogP contribution is -2.16. The van der Waals surface area contributed by atoms with Crippen molar-refractivity contribution < 1.29 is 0 Å². The van der Waals surface area contributed by atoms with Crippen molar-refractivity contribution >= 4 is 11.8 Å². The standard InChI is InChI=1S/C14H19N3S/c1-10-8-11(17(2)16-10)9-13(15)12-6-4-5-7-14(12)18-3/h4-8,13H,9,15H2,1-3H3. The quantitative estimate of drug-likeness (QED) is 0.861. The van der Waals surface area contributed by atoms with Crippen LogP contribution in [0.15, 0.2) is 35.2 Å². The van der Waals surface area contributed by atoms with E-state index >= 15 is 0 Å². The maximum atomic E-state index is 6.33. The van der Waals surface area contributed by atoms with Crippen LogP contribution in [0.2, 0.25) is 0 Å². The van der Waals surface area contributed by atoms with Crippen molar-refractivity contribution in [2.75, 3.05) is 6.26 Å². The highest BCUT2D eigenvalue weighted by Gasteiger charge is 2.13. The van der Waals surface area contributed by atoms with Crippen LogP contribution in [0.4, 0.5) is 0 Å². The van der Waals surface area contributed by atoms with Crippen LogP contribution in [0.3, 0.4) is 0 Å². The van der Waals surface area contributed by atoms with Crippen molar-refractivity contribution in [1.29, 1.82) is 0 Å². The minimum Gasteiger partial charge on any atom is -0.324 e. The van der Waals surface area contributed by atoms with Gasteiger partial charge in [0.05, 0.1) is 5.69 Å². The molecule has 2 rings (SSSR count). The van der Waals surface area contributed by atoms with Crippen LogP contribution in [-0.2, 0) is 13.5 Å². The lowest BCUT2D eigenvalue weighted by Gasteiger charge is -2.15. The molecule has 0 amide bonds. The minimum absolute atomic E-state index is 0.0171. The summed E-state index contributed by atoms with van der Waals surface area (Å²) in [6, 6.07) is 10.4. The first-order chi connectivity index (χ1) is 8.61. The summed E-state index contributed by atoms with van der Waals surface area (Å²) in [5.41, 5.74) is 9.76. The summed E-state index contributed by atoms with van der Waals surface area (Å²) in [6.07, 6.45) is 2.90. The summed E-state index contributed by atoms with van der Waals surface area (Å²) in [7, 11) is 1.97. The molecule has 18 heavy (non-hydrogen) atoms. The van der Waals surface area contributed by atoms with Gasteiger partial charge in [-0.1, -0.05) is 18.2 Å². The highest BCUT2D eigenvalue weighted by molar-refractivity contribution is 7.98. The number of nitrogens with zero attached hydrogens (tertiary/aromatic N) is 2. The molecule has 0 radical (unpaired) electrons. The predicted octanol–water partition coefficient (Wildman–Crippen LogP) is 2.69. The minimum atomic E-state index is 0.0171. The Labute approximate surface area is 112 Å². The molecule has 1 aromatic carbocycles. The van der Waals surface area contributed by atoms with E-state index in [1.807, 2.05) is 24.7 Å². The number of hydrogen-bond donors (Lipinski definition) is 1. The van der Waals surface area contributed by atoms with Crippen LogP contribution in [0.1, 0.15) is 23.0 Å². The van der Waals surface area contributed by atoms with Gasteiger partial charge in [-0.15, -0.1) is 11.8 Å². The fourth-order valence-corrected chi connectivity index (χ4v) is 2.83. The van der Waals surface area contributed by atoms with Crippen LogP contribution in [0, 0.1) is 6.92 Å². The van der Waals surface area contributed by atoms with Crippen molar-refractivity contribution in [3.63, 3.8) is 0 Å². The van der Waals surface area contributed by atoms with Crippen molar-refractivity contribution in [3.05, 3.63) is 47.3 Å². The van der Waals surface area contributed by atoms with E-state index < -0.39 is 0 Å². The van der Waals surface area contributed by atoms with E-state index in [1.54, 1.807) is 11.8 Å². The smallest absolute Gasteiger partial charge is 0.0596 e. The molecule has 1 aromatic heterocycles. The second-order valence-electron chi connectivity index (χ2n) is 4.45. The second-order valence-corrected chi connectivity index (χ2v) is 5.30. The molecule has 0 spiro atoms. The van der Waals surface area contributed by atoms with Crippen molar-refractivity contribution in [1.82, 2.24) is 9.78 Å². The molecule has 2 N–H and O–H groups in total. The Hall–Kier alpha value is -1.26. The predicted molar refractivity (Wildman–Crippen MR) is 76.8 cm³/mol. The number of rotatable bonds is 4. The van der Waals surface area contributed by atoms with Gasteiger partial charge in [0.2, 0.25) is 0 Å². The summed E-state index contributed by atoms with van der Waals surface area (Å²) in [5.74, 6) is 0. The Morgan fingerprint density at radius 3 is 2.72 bits per heavy atom. The number of benzene rings is 1. The number of nitrogens with two attached hydrogens (primary N) is 1. The van der Waals surface area contributed by atoms with Crippen LogP contribution in [0.25, 0.3) is 0 Å². The van der Waals surface area contributed by atoms with Crippen LogP contribution >= 0.6 is 11.8 Å². The van der Waals surface area contributed by atoms with Gasteiger partial charge in [0.15, 0.2) is 0 Å². The molecule has 1 heterocycles. The normalized spacial score (nSPS) is 12.7. The fourth-order valence-electron chi connectivity index (χ4n) is 2.16. The van der Waals surface area contributed by atoms with E-state index in [0.717, 1.165) is 12.1 Å². The third-order valence-corrected chi connectivity index (χ3v) is 3.88. The zero-order chi connectivity index (χ0) is 13.1. The number of hydrogen-bond acceptors (Lipinski definition) is 3. The summed E-state index contributed by atoms with van der Waals surface area (Å²) in [6.45, 7) is 2.00. The molecule has 0 aliphatic heterocycles. The second kappa shape index (κ2) is 5.59. The first-order valence-electron chi connectivity index (χ1n) is 6.00. The zero-order valence-electron chi connectivity index (χ0n) is 11.1. The fraction of sp³-hybridized carbons (Fsp3) is 0.357. The highest BCUT2D eigenvalue weighted by atomic mass is 32.2. The van der Waals surface area contributed by atoms with Gasteiger partial charge >= 0.3 is 0 Å². The Bertz CT molecular complexity index is 534.